The Hall–Kier alpha value is -2.13. The van der Waals surface area contributed by atoms with Crippen molar-refractivity contribution in [2.24, 2.45) is 0 Å². The van der Waals surface area contributed by atoms with Gasteiger partial charge in [0.05, 0.1) is 6.42 Å². The average Bonchev–Trinajstić information content (AvgIpc) is 2.60. The Balaban J connectivity index is 2.45. The standard InChI is InChI=1S/C8H9F3N4O3/c9-8(10,11)2-1-5(16)13-7-12-4-15(14-7)3-6(17)18/h4H,1-3H2,(H,17,18)(H,13,14,16). The van der Waals surface area contributed by atoms with E-state index in [9.17, 15) is 22.8 Å². The van der Waals surface area contributed by atoms with Crippen LogP contribution in [0.4, 0.5) is 19.1 Å². The van der Waals surface area contributed by atoms with Crippen LogP contribution in [0.15, 0.2) is 6.33 Å². The van der Waals surface area contributed by atoms with Gasteiger partial charge < -0.3 is 5.11 Å². The van der Waals surface area contributed by atoms with Crippen molar-refractivity contribution in [2.75, 3.05) is 5.32 Å². The first kappa shape index (κ1) is 13.9. The number of carboxylic acid groups (broad SMARTS) is 1. The summed E-state index contributed by atoms with van der Waals surface area (Å²) in [5.41, 5.74) is 0. The molecular weight excluding hydrogens is 257 g/mol. The first-order valence-corrected chi connectivity index (χ1v) is 4.74. The maximum absolute atomic E-state index is 11.8. The second-order valence-electron chi connectivity index (χ2n) is 3.32. The van der Waals surface area contributed by atoms with Crippen LogP contribution < -0.4 is 5.32 Å². The minimum absolute atomic E-state index is 0.233. The van der Waals surface area contributed by atoms with Crippen molar-refractivity contribution in [1.82, 2.24) is 14.8 Å². The smallest absolute Gasteiger partial charge is 0.389 e. The van der Waals surface area contributed by atoms with Crippen LogP contribution in [0.2, 0.25) is 0 Å². The molecule has 0 aliphatic heterocycles. The molecule has 0 aromatic carbocycles. The molecule has 0 unspecified atom stereocenters. The number of hydrogen-bond acceptors (Lipinski definition) is 4. The van der Waals surface area contributed by atoms with Crippen molar-refractivity contribution in [1.29, 1.82) is 0 Å². The van der Waals surface area contributed by atoms with Gasteiger partial charge in [0.1, 0.15) is 12.9 Å². The van der Waals surface area contributed by atoms with E-state index in [-0.39, 0.29) is 5.95 Å². The fourth-order valence-electron chi connectivity index (χ4n) is 1.01. The van der Waals surface area contributed by atoms with Crippen molar-refractivity contribution in [3.05, 3.63) is 6.33 Å². The lowest BCUT2D eigenvalue weighted by molar-refractivity contribution is -0.142. The number of nitrogens with one attached hydrogen (secondary N) is 1. The highest BCUT2D eigenvalue weighted by Crippen LogP contribution is 2.21. The normalized spacial score (nSPS) is 11.3. The number of anilines is 1. The molecule has 10 heteroatoms. The summed E-state index contributed by atoms with van der Waals surface area (Å²) in [6, 6.07) is 0. The zero-order chi connectivity index (χ0) is 13.8. The van der Waals surface area contributed by atoms with Gasteiger partial charge in [-0.25, -0.2) is 9.67 Å². The first-order chi connectivity index (χ1) is 8.26. The fraction of sp³-hybridized carbons (Fsp3) is 0.500. The molecule has 1 heterocycles. The third-order valence-electron chi connectivity index (χ3n) is 1.72. The molecule has 1 aromatic rings. The Morgan fingerprint density at radius 1 is 1.44 bits per heavy atom. The molecule has 0 saturated heterocycles. The highest BCUT2D eigenvalue weighted by molar-refractivity contribution is 5.88. The third kappa shape index (κ3) is 5.27. The molecule has 0 aliphatic rings. The topological polar surface area (TPSA) is 97.1 Å². The van der Waals surface area contributed by atoms with Gasteiger partial charge >= 0.3 is 12.1 Å². The zero-order valence-corrected chi connectivity index (χ0v) is 8.94. The molecule has 1 rings (SSSR count). The van der Waals surface area contributed by atoms with Crippen LogP contribution in [0, 0.1) is 0 Å². The summed E-state index contributed by atoms with van der Waals surface area (Å²) >= 11 is 0. The Kier molecular flexibility index (Phi) is 4.23. The molecule has 0 bridgehead atoms. The van der Waals surface area contributed by atoms with Gasteiger partial charge in [-0.05, 0) is 0 Å². The van der Waals surface area contributed by atoms with Gasteiger partial charge in [-0.1, -0.05) is 0 Å². The Morgan fingerprint density at radius 2 is 2.11 bits per heavy atom. The van der Waals surface area contributed by atoms with E-state index >= 15 is 0 Å². The summed E-state index contributed by atoms with van der Waals surface area (Å²) in [5, 5.41) is 14.0. The molecule has 1 aromatic heterocycles. The molecule has 0 saturated carbocycles. The minimum Gasteiger partial charge on any atom is -0.480 e. The van der Waals surface area contributed by atoms with E-state index in [4.69, 9.17) is 5.11 Å². The van der Waals surface area contributed by atoms with E-state index in [0.717, 1.165) is 11.0 Å². The molecule has 0 radical (unpaired) electrons. The van der Waals surface area contributed by atoms with E-state index < -0.39 is 37.4 Å². The van der Waals surface area contributed by atoms with Crippen molar-refractivity contribution in [3.8, 4) is 0 Å². The molecular formula is C8H9F3N4O3. The molecule has 0 fully saturated rings. The number of nitrogens with zero attached hydrogens (tertiary/aromatic N) is 3. The van der Waals surface area contributed by atoms with Gasteiger partial charge in [0.2, 0.25) is 11.9 Å². The molecule has 18 heavy (non-hydrogen) atoms. The Labute approximate surface area is 98.6 Å². The molecule has 100 valence electrons. The summed E-state index contributed by atoms with van der Waals surface area (Å²) in [5.74, 6) is -2.28. The van der Waals surface area contributed by atoms with Gasteiger partial charge in [0.15, 0.2) is 0 Å². The van der Waals surface area contributed by atoms with Crippen LogP contribution >= 0.6 is 0 Å². The van der Waals surface area contributed by atoms with E-state index in [1.807, 2.05) is 5.32 Å². The minimum atomic E-state index is -4.41. The number of carbonyl (C=O) groups excluding carboxylic acids is 1. The van der Waals surface area contributed by atoms with Crippen LogP contribution in [0.1, 0.15) is 12.8 Å². The molecule has 2 N–H and O–H groups in total. The van der Waals surface area contributed by atoms with E-state index in [1.165, 1.54) is 0 Å². The lowest BCUT2D eigenvalue weighted by atomic mass is 10.3. The monoisotopic (exact) mass is 266 g/mol. The average molecular weight is 266 g/mol. The number of carbonyl (C=O) groups is 2. The predicted molar refractivity (Wildman–Crippen MR) is 51.6 cm³/mol. The Bertz CT molecular complexity index is 443. The van der Waals surface area contributed by atoms with E-state index in [0.29, 0.717) is 0 Å². The van der Waals surface area contributed by atoms with Crippen molar-refractivity contribution in [3.63, 3.8) is 0 Å². The molecule has 1 amide bonds. The number of aliphatic carboxylic acids is 1. The van der Waals surface area contributed by atoms with Crippen molar-refractivity contribution in [2.45, 2.75) is 25.6 Å². The number of amides is 1. The molecule has 0 aliphatic carbocycles. The molecule has 7 nitrogen and oxygen atoms in total. The highest BCUT2D eigenvalue weighted by atomic mass is 19.4. The van der Waals surface area contributed by atoms with Crippen LogP contribution in [-0.2, 0) is 16.1 Å². The van der Waals surface area contributed by atoms with Crippen LogP contribution in [0.5, 0.6) is 0 Å². The summed E-state index contributed by atoms with van der Waals surface area (Å²) < 4.78 is 36.4. The molecule has 0 atom stereocenters. The number of halogens is 3. The summed E-state index contributed by atoms with van der Waals surface area (Å²) in [6.07, 6.45) is -5.34. The van der Waals surface area contributed by atoms with E-state index in [1.54, 1.807) is 0 Å². The summed E-state index contributed by atoms with van der Waals surface area (Å²) in [6.45, 7) is -0.453. The van der Waals surface area contributed by atoms with Gasteiger partial charge in [0, 0.05) is 6.42 Å². The predicted octanol–water partition coefficient (Wildman–Crippen LogP) is 0.644. The number of hydrogen-bond donors (Lipinski definition) is 2. The van der Waals surface area contributed by atoms with Gasteiger partial charge in [-0.3, -0.25) is 14.9 Å². The second-order valence-corrected chi connectivity index (χ2v) is 3.32. The maximum Gasteiger partial charge on any atom is 0.389 e. The largest absolute Gasteiger partial charge is 0.480 e. The van der Waals surface area contributed by atoms with Gasteiger partial charge in [0.25, 0.3) is 0 Å². The maximum atomic E-state index is 11.8. The summed E-state index contributed by atoms with van der Waals surface area (Å²) in [4.78, 5) is 24.9. The van der Waals surface area contributed by atoms with Crippen molar-refractivity contribution >= 4 is 17.8 Å². The zero-order valence-electron chi connectivity index (χ0n) is 8.94. The lowest BCUT2D eigenvalue weighted by Gasteiger charge is -2.04. The summed E-state index contributed by atoms with van der Waals surface area (Å²) in [7, 11) is 0. The lowest BCUT2D eigenvalue weighted by Crippen LogP contribution is -2.17. The van der Waals surface area contributed by atoms with Gasteiger partial charge in [-0.15, -0.1) is 5.10 Å². The Morgan fingerprint density at radius 3 is 2.67 bits per heavy atom. The van der Waals surface area contributed by atoms with Crippen LogP contribution in [-0.4, -0.2) is 37.9 Å². The van der Waals surface area contributed by atoms with Gasteiger partial charge in [-0.2, -0.15) is 13.2 Å². The number of carboxylic acids is 1. The number of alkyl halides is 3. The number of rotatable bonds is 5. The fourth-order valence-corrected chi connectivity index (χ4v) is 1.01. The highest BCUT2D eigenvalue weighted by Gasteiger charge is 2.28. The SMILES string of the molecule is O=C(O)Cn1cnc(NC(=O)CCC(F)(F)F)n1. The third-order valence-corrected chi connectivity index (χ3v) is 1.72. The second kappa shape index (κ2) is 5.47. The quantitative estimate of drug-likeness (QED) is 0.815. The van der Waals surface area contributed by atoms with Crippen LogP contribution in [0.25, 0.3) is 0 Å². The van der Waals surface area contributed by atoms with Crippen LogP contribution in [0.3, 0.4) is 0 Å². The van der Waals surface area contributed by atoms with Crippen molar-refractivity contribution < 1.29 is 27.9 Å². The van der Waals surface area contributed by atoms with E-state index in [2.05, 4.69) is 10.1 Å². The number of aromatic nitrogens is 3. The first-order valence-electron chi connectivity index (χ1n) is 4.74. The molecule has 0 spiro atoms.